The third-order valence-electron chi connectivity index (χ3n) is 4.18. The summed E-state index contributed by atoms with van der Waals surface area (Å²) in [7, 11) is 0. The molecule has 0 amide bonds. The summed E-state index contributed by atoms with van der Waals surface area (Å²) in [6, 6.07) is 9.91. The lowest BCUT2D eigenvalue weighted by Crippen LogP contribution is -2.06. The lowest BCUT2D eigenvalue weighted by atomic mass is 9.92. The molecule has 2 unspecified atom stereocenters. The first kappa shape index (κ1) is 10.7. The van der Waals surface area contributed by atoms with E-state index in [0.717, 1.165) is 16.7 Å². The van der Waals surface area contributed by atoms with E-state index in [4.69, 9.17) is 0 Å². The quantitative estimate of drug-likeness (QED) is 0.777. The minimum atomic E-state index is 0.179. The van der Waals surface area contributed by atoms with Crippen LogP contribution in [0.4, 0.5) is 0 Å². The number of benzene rings is 1. The SMILES string of the molecule is O=C1C(C2=CC=CC3CC23)=CC=C1c1ccccc1. The fraction of sp³-hybridized carbons (Fsp3) is 0.167. The van der Waals surface area contributed by atoms with Gasteiger partial charge in [0.1, 0.15) is 0 Å². The Morgan fingerprint density at radius 3 is 2.58 bits per heavy atom. The minimum Gasteiger partial charge on any atom is -0.289 e. The number of hydrogen-bond acceptors (Lipinski definition) is 1. The van der Waals surface area contributed by atoms with Gasteiger partial charge in [0.2, 0.25) is 0 Å². The van der Waals surface area contributed by atoms with Crippen molar-refractivity contribution in [2.45, 2.75) is 6.42 Å². The molecule has 0 radical (unpaired) electrons. The van der Waals surface area contributed by atoms with Crippen LogP contribution in [-0.4, -0.2) is 5.78 Å². The summed E-state index contributed by atoms with van der Waals surface area (Å²) in [6.45, 7) is 0. The second-order valence-corrected chi connectivity index (χ2v) is 5.37. The van der Waals surface area contributed by atoms with Crippen molar-refractivity contribution < 1.29 is 4.79 Å². The molecule has 3 aliphatic rings. The predicted octanol–water partition coefficient (Wildman–Crippen LogP) is 3.71. The third kappa shape index (κ3) is 1.66. The highest BCUT2D eigenvalue weighted by molar-refractivity contribution is 6.33. The largest absolute Gasteiger partial charge is 0.289 e. The Bertz CT molecular complexity index is 671. The van der Waals surface area contributed by atoms with Gasteiger partial charge in [-0.2, -0.15) is 0 Å². The number of rotatable bonds is 2. The van der Waals surface area contributed by atoms with Gasteiger partial charge in [0.15, 0.2) is 5.78 Å². The number of ketones is 1. The van der Waals surface area contributed by atoms with Gasteiger partial charge in [0.25, 0.3) is 0 Å². The van der Waals surface area contributed by atoms with Gasteiger partial charge in [0, 0.05) is 11.1 Å². The molecule has 0 aliphatic heterocycles. The van der Waals surface area contributed by atoms with Gasteiger partial charge in [-0.05, 0) is 41.5 Å². The van der Waals surface area contributed by atoms with Crippen LogP contribution in [0, 0.1) is 11.8 Å². The first-order chi connectivity index (χ1) is 9.34. The first-order valence-electron chi connectivity index (χ1n) is 6.75. The zero-order valence-electron chi connectivity index (χ0n) is 10.5. The molecule has 1 heteroatoms. The highest BCUT2D eigenvalue weighted by atomic mass is 16.1. The fourth-order valence-corrected chi connectivity index (χ4v) is 3.04. The van der Waals surface area contributed by atoms with E-state index in [2.05, 4.69) is 18.2 Å². The molecule has 92 valence electrons. The maximum Gasteiger partial charge on any atom is 0.193 e. The van der Waals surface area contributed by atoms with Crippen molar-refractivity contribution >= 4 is 11.4 Å². The molecule has 0 spiro atoms. The van der Waals surface area contributed by atoms with Crippen LogP contribution in [-0.2, 0) is 4.79 Å². The summed E-state index contributed by atoms with van der Waals surface area (Å²) in [4.78, 5) is 12.6. The fourth-order valence-electron chi connectivity index (χ4n) is 3.04. The smallest absolute Gasteiger partial charge is 0.193 e. The summed E-state index contributed by atoms with van der Waals surface area (Å²) in [5.74, 6) is 1.44. The van der Waals surface area contributed by atoms with E-state index >= 15 is 0 Å². The summed E-state index contributed by atoms with van der Waals surface area (Å²) in [6.07, 6.45) is 11.6. The molecule has 1 saturated carbocycles. The first-order valence-corrected chi connectivity index (χ1v) is 6.75. The minimum absolute atomic E-state index is 0.179. The lowest BCUT2D eigenvalue weighted by molar-refractivity contribution is -0.110. The van der Waals surface area contributed by atoms with E-state index in [1.54, 1.807) is 0 Å². The highest BCUT2D eigenvalue weighted by Gasteiger charge is 2.42. The van der Waals surface area contributed by atoms with Gasteiger partial charge < -0.3 is 0 Å². The summed E-state index contributed by atoms with van der Waals surface area (Å²) in [5.41, 5.74) is 3.97. The molecule has 1 fully saturated rings. The Morgan fingerprint density at radius 1 is 0.947 bits per heavy atom. The average Bonchev–Trinajstić information content (AvgIpc) is 3.16. The zero-order valence-corrected chi connectivity index (χ0v) is 10.5. The molecule has 2 atom stereocenters. The second kappa shape index (κ2) is 3.92. The summed E-state index contributed by atoms with van der Waals surface area (Å²) < 4.78 is 0. The molecule has 0 saturated heterocycles. The van der Waals surface area contributed by atoms with Crippen LogP contribution in [0.25, 0.3) is 5.57 Å². The Hall–Kier alpha value is -2.15. The zero-order chi connectivity index (χ0) is 12.8. The van der Waals surface area contributed by atoms with Crippen LogP contribution in [0.5, 0.6) is 0 Å². The van der Waals surface area contributed by atoms with Gasteiger partial charge in [-0.1, -0.05) is 48.6 Å². The van der Waals surface area contributed by atoms with E-state index in [9.17, 15) is 4.79 Å². The number of allylic oxidation sites excluding steroid dienone is 8. The van der Waals surface area contributed by atoms with Crippen LogP contribution in [0.15, 0.2) is 71.9 Å². The number of carbonyl (C=O) groups excluding carboxylic acids is 1. The molecular formula is C18H14O. The maximum atomic E-state index is 12.6. The Balaban J connectivity index is 1.65. The van der Waals surface area contributed by atoms with Crippen molar-refractivity contribution in [3.63, 3.8) is 0 Å². The van der Waals surface area contributed by atoms with E-state index in [-0.39, 0.29) is 5.78 Å². The molecule has 0 heterocycles. The van der Waals surface area contributed by atoms with Crippen LogP contribution >= 0.6 is 0 Å². The van der Waals surface area contributed by atoms with Crippen LogP contribution < -0.4 is 0 Å². The normalized spacial score (nSPS) is 27.6. The van der Waals surface area contributed by atoms with E-state index in [1.165, 1.54) is 12.0 Å². The Kier molecular flexibility index (Phi) is 2.22. The van der Waals surface area contributed by atoms with Crippen molar-refractivity contribution in [1.82, 2.24) is 0 Å². The van der Waals surface area contributed by atoms with Gasteiger partial charge in [-0.15, -0.1) is 0 Å². The molecule has 3 aliphatic carbocycles. The van der Waals surface area contributed by atoms with E-state index < -0.39 is 0 Å². The topological polar surface area (TPSA) is 17.1 Å². The highest BCUT2D eigenvalue weighted by Crippen LogP contribution is 2.50. The molecule has 0 aromatic heterocycles. The van der Waals surface area contributed by atoms with Crippen LogP contribution in [0.3, 0.4) is 0 Å². The molecule has 1 nitrogen and oxygen atoms in total. The van der Waals surface area contributed by atoms with Crippen molar-refractivity contribution in [3.8, 4) is 0 Å². The predicted molar refractivity (Wildman–Crippen MR) is 76.3 cm³/mol. The van der Waals surface area contributed by atoms with Crippen LogP contribution in [0.2, 0.25) is 0 Å². The van der Waals surface area contributed by atoms with Gasteiger partial charge in [-0.3, -0.25) is 4.79 Å². The third-order valence-corrected chi connectivity index (χ3v) is 4.18. The summed E-state index contributed by atoms with van der Waals surface area (Å²) in [5, 5.41) is 0. The Labute approximate surface area is 112 Å². The monoisotopic (exact) mass is 246 g/mol. The molecule has 1 aromatic carbocycles. The standard InChI is InChI=1S/C18H14O/c19-18-14(12-5-2-1-3-6-12)9-10-16(18)15-8-4-7-13-11-17(13)15/h1-10,13,17H,11H2. The number of carbonyl (C=O) groups is 1. The second-order valence-electron chi connectivity index (χ2n) is 5.37. The van der Waals surface area contributed by atoms with Gasteiger partial charge >= 0.3 is 0 Å². The molecule has 0 bridgehead atoms. The number of Topliss-reactive ketones (excluding diaryl/α,β-unsaturated/α-hetero) is 1. The van der Waals surface area contributed by atoms with Crippen LogP contribution in [0.1, 0.15) is 12.0 Å². The maximum absolute atomic E-state index is 12.6. The number of hydrogen-bond donors (Lipinski definition) is 0. The number of fused-ring (bicyclic) bond motifs is 1. The molecular weight excluding hydrogens is 232 g/mol. The molecule has 19 heavy (non-hydrogen) atoms. The summed E-state index contributed by atoms with van der Waals surface area (Å²) >= 11 is 0. The van der Waals surface area contributed by atoms with E-state index in [0.29, 0.717) is 11.8 Å². The Morgan fingerprint density at radius 2 is 1.74 bits per heavy atom. The molecule has 1 aromatic rings. The van der Waals surface area contributed by atoms with Crippen molar-refractivity contribution in [1.29, 1.82) is 0 Å². The van der Waals surface area contributed by atoms with E-state index in [1.807, 2.05) is 42.5 Å². The molecule has 0 N–H and O–H groups in total. The van der Waals surface area contributed by atoms with Gasteiger partial charge in [-0.25, -0.2) is 0 Å². The van der Waals surface area contributed by atoms with Gasteiger partial charge in [0.05, 0.1) is 0 Å². The van der Waals surface area contributed by atoms with Crippen molar-refractivity contribution in [3.05, 3.63) is 77.4 Å². The van der Waals surface area contributed by atoms with Crippen molar-refractivity contribution in [2.75, 3.05) is 0 Å². The average molecular weight is 246 g/mol. The van der Waals surface area contributed by atoms with Crippen molar-refractivity contribution in [2.24, 2.45) is 11.8 Å². The lowest BCUT2D eigenvalue weighted by Gasteiger charge is -2.10. The molecule has 4 rings (SSSR count).